The topological polar surface area (TPSA) is 103 Å². The Hall–Kier alpha value is -1.87. The SMILES string of the molecule is CC(NCC1CS(=O)(=O)C1)c1ncnn1-c1ncccn1. The molecule has 1 aliphatic rings. The molecule has 0 bridgehead atoms. The maximum Gasteiger partial charge on any atom is 0.252 e. The molecule has 9 heteroatoms. The molecule has 1 atom stereocenters. The van der Waals surface area contributed by atoms with Gasteiger partial charge in [0.2, 0.25) is 0 Å². The second-order valence-corrected chi connectivity index (χ2v) is 7.31. The van der Waals surface area contributed by atoms with Crippen LogP contribution >= 0.6 is 0 Å². The average Bonchev–Trinajstić information content (AvgIpc) is 2.93. The highest BCUT2D eigenvalue weighted by atomic mass is 32.2. The van der Waals surface area contributed by atoms with Gasteiger partial charge in [-0.25, -0.2) is 23.4 Å². The second-order valence-electron chi connectivity index (χ2n) is 5.15. The Kier molecular flexibility index (Phi) is 3.68. The molecule has 3 rings (SSSR count). The van der Waals surface area contributed by atoms with E-state index in [1.54, 1.807) is 23.1 Å². The molecular weight excluding hydrogens is 292 g/mol. The zero-order valence-electron chi connectivity index (χ0n) is 11.5. The van der Waals surface area contributed by atoms with Crippen molar-refractivity contribution in [3.63, 3.8) is 0 Å². The molecule has 1 unspecified atom stereocenters. The van der Waals surface area contributed by atoms with E-state index in [0.29, 0.717) is 18.3 Å². The van der Waals surface area contributed by atoms with E-state index in [-0.39, 0.29) is 23.5 Å². The Bertz CT molecular complexity index is 702. The molecule has 0 radical (unpaired) electrons. The molecular formula is C12H16N6O2S. The van der Waals surface area contributed by atoms with Crippen molar-refractivity contribution in [1.82, 2.24) is 30.0 Å². The van der Waals surface area contributed by atoms with Gasteiger partial charge >= 0.3 is 0 Å². The van der Waals surface area contributed by atoms with Crippen molar-refractivity contribution in [3.05, 3.63) is 30.6 Å². The van der Waals surface area contributed by atoms with Crippen LogP contribution in [0.15, 0.2) is 24.8 Å². The molecule has 21 heavy (non-hydrogen) atoms. The van der Waals surface area contributed by atoms with Crippen molar-refractivity contribution in [3.8, 4) is 5.95 Å². The second kappa shape index (κ2) is 5.49. The van der Waals surface area contributed by atoms with Crippen LogP contribution in [0, 0.1) is 5.92 Å². The van der Waals surface area contributed by atoms with Crippen LogP contribution in [0.4, 0.5) is 0 Å². The van der Waals surface area contributed by atoms with Gasteiger partial charge in [0.05, 0.1) is 17.5 Å². The third-order valence-electron chi connectivity index (χ3n) is 3.39. The first-order chi connectivity index (χ1) is 10.1. The predicted molar refractivity (Wildman–Crippen MR) is 75.5 cm³/mol. The minimum absolute atomic E-state index is 0.0698. The standard InChI is InChI=1S/C12H16N6O2S/c1-9(15-5-10-6-21(19,20)7-10)11-16-8-17-18(11)12-13-3-2-4-14-12/h2-4,8-10,15H,5-7H2,1H3. The number of aromatic nitrogens is 5. The molecule has 3 heterocycles. The first kappa shape index (κ1) is 14.1. The van der Waals surface area contributed by atoms with Gasteiger partial charge in [-0.3, -0.25) is 0 Å². The fourth-order valence-electron chi connectivity index (χ4n) is 2.32. The van der Waals surface area contributed by atoms with E-state index in [9.17, 15) is 8.42 Å². The normalized spacial score (nSPS) is 19.1. The van der Waals surface area contributed by atoms with Crippen molar-refractivity contribution >= 4 is 9.84 Å². The highest BCUT2D eigenvalue weighted by Crippen LogP contribution is 2.19. The predicted octanol–water partition coefficient (Wildman–Crippen LogP) is -0.247. The molecule has 0 aliphatic carbocycles. The van der Waals surface area contributed by atoms with E-state index in [1.807, 2.05) is 6.92 Å². The van der Waals surface area contributed by atoms with E-state index in [0.717, 1.165) is 0 Å². The third kappa shape index (κ3) is 3.08. The van der Waals surface area contributed by atoms with Crippen molar-refractivity contribution in [2.75, 3.05) is 18.1 Å². The summed E-state index contributed by atoms with van der Waals surface area (Å²) in [6, 6.07) is 1.67. The zero-order valence-corrected chi connectivity index (χ0v) is 12.4. The maximum absolute atomic E-state index is 11.1. The highest BCUT2D eigenvalue weighted by molar-refractivity contribution is 7.92. The lowest BCUT2D eigenvalue weighted by molar-refractivity contribution is 0.447. The Balaban J connectivity index is 1.66. The van der Waals surface area contributed by atoms with Gasteiger partial charge in [0.15, 0.2) is 15.7 Å². The summed E-state index contributed by atoms with van der Waals surface area (Å²) in [5.74, 6) is 1.87. The molecule has 2 aromatic heterocycles. The lowest BCUT2D eigenvalue weighted by atomic mass is 10.2. The Morgan fingerprint density at radius 3 is 2.71 bits per heavy atom. The van der Waals surface area contributed by atoms with Gasteiger partial charge in [-0.05, 0) is 18.9 Å². The molecule has 1 fully saturated rings. The summed E-state index contributed by atoms with van der Waals surface area (Å²) in [6.07, 6.45) is 4.74. The van der Waals surface area contributed by atoms with Gasteiger partial charge in [0.1, 0.15) is 6.33 Å². The van der Waals surface area contributed by atoms with Crippen LogP contribution in [-0.2, 0) is 9.84 Å². The molecule has 2 aromatic rings. The monoisotopic (exact) mass is 308 g/mol. The number of sulfone groups is 1. The lowest BCUT2D eigenvalue weighted by Crippen LogP contribution is -2.43. The van der Waals surface area contributed by atoms with Crippen LogP contribution in [0.25, 0.3) is 5.95 Å². The average molecular weight is 308 g/mol. The number of rotatable bonds is 5. The fourth-order valence-corrected chi connectivity index (χ4v) is 3.90. The van der Waals surface area contributed by atoms with E-state index < -0.39 is 9.84 Å². The van der Waals surface area contributed by atoms with E-state index >= 15 is 0 Å². The van der Waals surface area contributed by atoms with Crippen LogP contribution in [0.2, 0.25) is 0 Å². The van der Waals surface area contributed by atoms with Crippen LogP contribution in [0.3, 0.4) is 0 Å². The number of nitrogens with zero attached hydrogens (tertiary/aromatic N) is 5. The molecule has 0 aromatic carbocycles. The van der Waals surface area contributed by atoms with Gasteiger partial charge in [0, 0.05) is 18.9 Å². The summed E-state index contributed by atoms with van der Waals surface area (Å²) in [5, 5.41) is 7.43. The summed E-state index contributed by atoms with van der Waals surface area (Å²) < 4.78 is 23.9. The van der Waals surface area contributed by atoms with Crippen LogP contribution in [0.1, 0.15) is 18.8 Å². The molecule has 8 nitrogen and oxygen atoms in total. The molecule has 0 saturated carbocycles. The quantitative estimate of drug-likeness (QED) is 0.812. The highest BCUT2D eigenvalue weighted by Gasteiger charge is 2.33. The Labute approximate surface area is 122 Å². The summed E-state index contributed by atoms with van der Waals surface area (Å²) >= 11 is 0. The van der Waals surface area contributed by atoms with Crippen LogP contribution < -0.4 is 5.32 Å². The lowest BCUT2D eigenvalue weighted by Gasteiger charge is -2.27. The largest absolute Gasteiger partial charge is 0.307 e. The fraction of sp³-hybridized carbons (Fsp3) is 0.500. The van der Waals surface area contributed by atoms with Crippen molar-refractivity contribution < 1.29 is 8.42 Å². The van der Waals surface area contributed by atoms with E-state index in [1.165, 1.54) is 6.33 Å². The molecule has 1 N–H and O–H groups in total. The minimum atomic E-state index is -2.78. The maximum atomic E-state index is 11.1. The molecule has 0 amide bonds. The van der Waals surface area contributed by atoms with E-state index in [4.69, 9.17) is 0 Å². The molecule has 112 valence electrons. The zero-order chi connectivity index (χ0) is 14.9. The van der Waals surface area contributed by atoms with Gasteiger partial charge < -0.3 is 5.32 Å². The Morgan fingerprint density at radius 1 is 1.33 bits per heavy atom. The smallest absolute Gasteiger partial charge is 0.252 e. The molecule has 1 saturated heterocycles. The first-order valence-electron chi connectivity index (χ1n) is 6.66. The number of hydrogen-bond acceptors (Lipinski definition) is 7. The molecule has 1 aliphatic heterocycles. The van der Waals surface area contributed by atoms with Crippen LogP contribution in [-0.4, -0.2) is 51.2 Å². The Morgan fingerprint density at radius 2 is 2.05 bits per heavy atom. The summed E-state index contributed by atoms with van der Waals surface area (Å²) in [4.78, 5) is 12.5. The first-order valence-corrected chi connectivity index (χ1v) is 8.48. The van der Waals surface area contributed by atoms with Gasteiger partial charge in [-0.1, -0.05) is 0 Å². The summed E-state index contributed by atoms with van der Waals surface area (Å²) in [7, 11) is -2.78. The number of hydrogen-bond donors (Lipinski definition) is 1. The molecule has 0 spiro atoms. The van der Waals surface area contributed by atoms with Crippen molar-refractivity contribution in [2.24, 2.45) is 5.92 Å². The summed E-state index contributed by atoms with van der Waals surface area (Å²) in [6.45, 7) is 2.60. The van der Waals surface area contributed by atoms with Gasteiger partial charge in [-0.15, -0.1) is 0 Å². The minimum Gasteiger partial charge on any atom is -0.307 e. The van der Waals surface area contributed by atoms with E-state index in [2.05, 4.69) is 25.4 Å². The van der Waals surface area contributed by atoms with Crippen LogP contribution in [0.5, 0.6) is 0 Å². The van der Waals surface area contributed by atoms with Crippen molar-refractivity contribution in [2.45, 2.75) is 13.0 Å². The number of nitrogens with one attached hydrogen (secondary N) is 1. The van der Waals surface area contributed by atoms with Gasteiger partial charge in [0.25, 0.3) is 5.95 Å². The third-order valence-corrected chi connectivity index (χ3v) is 5.35. The van der Waals surface area contributed by atoms with Crippen molar-refractivity contribution in [1.29, 1.82) is 0 Å². The summed E-state index contributed by atoms with van der Waals surface area (Å²) in [5.41, 5.74) is 0. The van der Waals surface area contributed by atoms with Gasteiger partial charge in [-0.2, -0.15) is 9.78 Å².